The van der Waals surface area contributed by atoms with Crippen LogP contribution >= 0.6 is 0 Å². The van der Waals surface area contributed by atoms with E-state index in [1.165, 1.54) is 0 Å². The zero-order chi connectivity index (χ0) is 11.6. The van der Waals surface area contributed by atoms with Crippen LogP contribution in [0.3, 0.4) is 0 Å². The Balaban J connectivity index is 2.62. The minimum atomic E-state index is -0.283. The fourth-order valence-corrected chi connectivity index (χ4v) is 1.86. The number of hydrogen-bond acceptors (Lipinski definition) is 3. The molecule has 1 aliphatic rings. The molecule has 4 heteroatoms. The van der Waals surface area contributed by atoms with Gasteiger partial charge in [0.25, 0.3) is 0 Å². The Morgan fingerprint density at radius 2 is 2.00 bits per heavy atom. The van der Waals surface area contributed by atoms with Crippen molar-refractivity contribution in [1.29, 1.82) is 0 Å². The fourth-order valence-electron chi connectivity index (χ4n) is 1.86. The molecule has 1 amide bonds. The zero-order valence-corrected chi connectivity index (χ0v) is 10.3. The minimum absolute atomic E-state index is 0.231. The third-order valence-electron chi connectivity index (χ3n) is 2.98. The fraction of sp³-hybridized carbons (Fsp3) is 0.909. The van der Waals surface area contributed by atoms with Crippen molar-refractivity contribution in [3.63, 3.8) is 0 Å². The van der Waals surface area contributed by atoms with Gasteiger partial charge in [0.15, 0.2) is 0 Å². The van der Waals surface area contributed by atoms with E-state index in [1.54, 1.807) is 0 Å². The molecule has 0 aromatic carbocycles. The summed E-state index contributed by atoms with van der Waals surface area (Å²) in [5, 5.41) is 0. The predicted molar refractivity (Wildman–Crippen MR) is 61.5 cm³/mol. The molecule has 0 saturated carbocycles. The van der Waals surface area contributed by atoms with Crippen molar-refractivity contribution in [1.82, 2.24) is 9.80 Å². The molecule has 1 fully saturated rings. The molecular formula is C11H23N3O. The molecule has 0 radical (unpaired) electrons. The van der Waals surface area contributed by atoms with E-state index in [0.29, 0.717) is 12.6 Å². The number of nitrogens with two attached hydrogens (primary N) is 1. The monoisotopic (exact) mass is 213 g/mol. The van der Waals surface area contributed by atoms with Crippen molar-refractivity contribution in [2.45, 2.75) is 26.8 Å². The maximum Gasteiger partial charge on any atom is 0.228 e. The highest BCUT2D eigenvalue weighted by Crippen LogP contribution is 2.19. The van der Waals surface area contributed by atoms with E-state index in [9.17, 15) is 4.79 Å². The van der Waals surface area contributed by atoms with Crippen LogP contribution in [0.1, 0.15) is 20.8 Å². The predicted octanol–water partition coefficient (Wildman–Crippen LogP) is 0.134. The molecule has 1 heterocycles. The summed E-state index contributed by atoms with van der Waals surface area (Å²) >= 11 is 0. The summed E-state index contributed by atoms with van der Waals surface area (Å²) < 4.78 is 0. The molecule has 1 aliphatic heterocycles. The summed E-state index contributed by atoms with van der Waals surface area (Å²) in [6, 6.07) is 0.310. The molecule has 0 aliphatic carbocycles. The van der Waals surface area contributed by atoms with E-state index in [-0.39, 0.29) is 11.3 Å². The largest absolute Gasteiger partial charge is 0.339 e. The normalized spacial score (nSPS) is 24.3. The molecule has 1 atom stereocenters. The van der Waals surface area contributed by atoms with Crippen molar-refractivity contribution in [2.75, 3.05) is 33.2 Å². The van der Waals surface area contributed by atoms with Gasteiger partial charge in [-0.3, -0.25) is 9.69 Å². The molecule has 88 valence electrons. The van der Waals surface area contributed by atoms with Gasteiger partial charge in [-0.2, -0.15) is 0 Å². The highest BCUT2D eigenvalue weighted by atomic mass is 16.2. The first kappa shape index (κ1) is 12.5. The van der Waals surface area contributed by atoms with Crippen LogP contribution in [0.25, 0.3) is 0 Å². The van der Waals surface area contributed by atoms with Gasteiger partial charge in [-0.25, -0.2) is 0 Å². The molecule has 0 bridgehead atoms. The third-order valence-corrected chi connectivity index (χ3v) is 2.98. The van der Waals surface area contributed by atoms with Crippen molar-refractivity contribution in [3.05, 3.63) is 0 Å². The van der Waals surface area contributed by atoms with Gasteiger partial charge in [0.1, 0.15) is 0 Å². The first-order valence-corrected chi connectivity index (χ1v) is 5.56. The second kappa shape index (κ2) is 4.49. The number of piperazine rings is 1. The molecule has 1 rings (SSSR count). The molecule has 1 unspecified atom stereocenters. The molecule has 2 N–H and O–H groups in total. The van der Waals surface area contributed by atoms with E-state index in [0.717, 1.165) is 19.6 Å². The maximum absolute atomic E-state index is 12.1. The van der Waals surface area contributed by atoms with Crippen LogP contribution in [-0.4, -0.2) is 55.0 Å². The first-order valence-electron chi connectivity index (χ1n) is 5.56. The van der Waals surface area contributed by atoms with Crippen LogP contribution < -0.4 is 5.73 Å². The third kappa shape index (κ3) is 2.92. The van der Waals surface area contributed by atoms with Crippen molar-refractivity contribution >= 4 is 5.91 Å². The highest BCUT2D eigenvalue weighted by Gasteiger charge is 2.32. The van der Waals surface area contributed by atoms with Gasteiger partial charge in [0, 0.05) is 37.6 Å². The van der Waals surface area contributed by atoms with E-state index < -0.39 is 0 Å². The summed E-state index contributed by atoms with van der Waals surface area (Å²) in [7, 11) is 2.07. The Bertz CT molecular complexity index is 234. The number of hydrogen-bond donors (Lipinski definition) is 1. The second-order valence-electron chi connectivity index (χ2n) is 5.37. The molecular weight excluding hydrogens is 190 g/mol. The summed E-state index contributed by atoms with van der Waals surface area (Å²) in [4.78, 5) is 16.2. The average molecular weight is 213 g/mol. The lowest BCUT2D eigenvalue weighted by Crippen LogP contribution is -2.57. The number of carbonyl (C=O) groups is 1. The van der Waals surface area contributed by atoms with E-state index in [2.05, 4.69) is 11.9 Å². The van der Waals surface area contributed by atoms with Crippen molar-refractivity contribution < 1.29 is 4.79 Å². The number of rotatable bonds is 1. The van der Waals surface area contributed by atoms with E-state index in [1.807, 2.05) is 25.7 Å². The van der Waals surface area contributed by atoms with Crippen LogP contribution in [-0.2, 0) is 4.79 Å². The summed E-state index contributed by atoms with van der Waals surface area (Å²) in [6.45, 7) is 9.02. The topological polar surface area (TPSA) is 49.6 Å². The number of amides is 1. The van der Waals surface area contributed by atoms with Gasteiger partial charge in [0.2, 0.25) is 5.91 Å². The lowest BCUT2D eigenvalue weighted by Gasteiger charge is -2.41. The zero-order valence-electron chi connectivity index (χ0n) is 10.3. The summed E-state index contributed by atoms with van der Waals surface area (Å²) in [5.74, 6) is 0.231. The van der Waals surface area contributed by atoms with Gasteiger partial charge >= 0.3 is 0 Å². The Labute approximate surface area is 92.4 Å². The van der Waals surface area contributed by atoms with E-state index in [4.69, 9.17) is 5.73 Å². The highest BCUT2D eigenvalue weighted by molar-refractivity contribution is 5.81. The Hall–Kier alpha value is -0.610. The smallest absolute Gasteiger partial charge is 0.228 e. The minimum Gasteiger partial charge on any atom is -0.339 e. The Morgan fingerprint density at radius 1 is 1.40 bits per heavy atom. The number of nitrogens with zero attached hydrogens (tertiary/aromatic N) is 2. The van der Waals surface area contributed by atoms with E-state index >= 15 is 0 Å². The molecule has 0 aromatic rings. The molecule has 0 spiro atoms. The number of carbonyl (C=O) groups excluding carboxylic acids is 1. The van der Waals surface area contributed by atoms with Crippen molar-refractivity contribution in [3.8, 4) is 0 Å². The Morgan fingerprint density at radius 3 is 2.47 bits per heavy atom. The Kier molecular flexibility index (Phi) is 3.73. The van der Waals surface area contributed by atoms with Gasteiger partial charge < -0.3 is 10.6 Å². The average Bonchev–Trinajstić information content (AvgIpc) is 2.16. The van der Waals surface area contributed by atoms with Crippen LogP contribution in [0, 0.1) is 5.41 Å². The molecule has 15 heavy (non-hydrogen) atoms. The molecule has 4 nitrogen and oxygen atoms in total. The van der Waals surface area contributed by atoms with Crippen LogP contribution in [0.4, 0.5) is 0 Å². The van der Waals surface area contributed by atoms with Gasteiger partial charge in [0.05, 0.1) is 0 Å². The van der Waals surface area contributed by atoms with Crippen LogP contribution in [0.2, 0.25) is 0 Å². The quantitative estimate of drug-likeness (QED) is 0.674. The summed E-state index contributed by atoms with van der Waals surface area (Å²) in [5.41, 5.74) is 5.40. The number of likely N-dealkylation sites (N-methyl/N-ethyl adjacent to an activating group) is 1. The molecule has 1 saturated heterocycles. The second-order valence-corrected chi connectivity index (χ2v) is 5.37. The van der Waals surface area contributed by atoms with Crippen LogP contribution in [0.5, 0.6) is 0 Å². The van der Waals surface area contributed by atoms with Gasteiger partial charge in [-0.1, -0.05) is 20.8 Å². The SMILES string of the molecule is CN1CCN(C(=O)C(C)(C)C)CC1CN. The molecule has 0 aromatic heterocycles. The van der Waals surface area contributed by atoms with Gasteiger partial charge in [-0.15, -0.1) is 0 Å². The lowest BCUT2D eigenvalue weighted by molar-refractivity contribution is -0.142. The first-order chi connectivity index (χ1) is 6.86. The maximum atomic E-state index is 12.1. The lowest BCUT2D eigenvalue weighted by atomic mass is 9.94. The van der Waals surface area contributed by atoms with Gasteiger partial charge in [-0.05, 0) is 7.05 Å². The summed E-state index contributed by atoms with van der Waals surface area (Å²) in [6.07, 6.45) is 0. The standard InChI is InChI=1S/C11H23N3O/c1-11(2,3)10(15)14-6-5-13(4)9(7-12)8-14/h9H,5-8,12H2,1-4H3. The van der Waals surface area contributed by atoms with Crippen molar-refractivity contribution in [2.24, 2.45) is 11.1 Å². The van der Waals surface area contributed by atoms with Crippen LogP contribution in [0.15, 0.2) is 0 Å².